The number of fused-ring (bicyclic) bond motifs is 1. The van der Waals surface area contributed by atoms with Gasteiger partial charge in [0.05, 0.1) is 5.69 Å². The molecule has 0 saturated carbocycles. The van der Waals surface area contributed by atoms with E-state index in [0.29, 0.717) is 28.0 Å². The second kappa shape index (κ2) is 9.83. The molecule has 2 unspecified atom stereocenters. The van der Waals surface area contributed by atoms with Gasteiger partial charge < -0.3 is 20.6 Å². The van der Waals surface area contributed by atoms with Crippen LogP contribution in [0.25, 0.3) is 0 Å². The molecule has 1 fully saturated rings. The number of para-hydroxylation sites is 1. The van der Waals surface area contributed by atoms with Crippen LogP contribution in [0.1, 0.15) is 32.3 Å². The van der Waals surface area contributed by atoms with Gasteiger partial charge >= 0.3 is 6.03 Å². The molecule has 4 rings (SSSR count). The SMILES string of the molecule is CC1CCN(CC(C)CNC(=O)C2(O)c3cc(Br)ccc3NC(=O)N2c2ccccc2)CC1. The summed E-state index contributed by atoms with van der Waals surface area (Å²) in [5, 5.41) is 17.6. The molecule has 7 nitrogen and oxygen atoms in total. The lowest BCUT2D eigenvalue weighted by molar-refractivity contribution is -0.140. The highest BCUT2D eigenvalue weighted by molar-refractivity contribution is 9.10. The molecule has 0 spiro atoms. The van der Waals surface area contributed by atoms with E-state index in [0.717, 1.165) is 30.5 Å². The fraction of sp³-hybridized carbons (Fsp3) is 0.440. The van der Waals surface area contributed by atoms with Crippen molar-refractivity contribution >= 4 is 39.2 Å². The molecule has 2 atom stereocenters. The number of urea groups is 1. The first-order valence-corrected chi connectivity index (χ1v) is 12.3. The van der Waals surface area contributed by atoms with Gasteiger partial charge in [-0.25, -0.2) is 4.79 Å². The predicted molar refractivity (Wildman–Crippen MR) is 133 cm³/mol. The van der Waals surface area contributed by atoms with Crippen molar-refractivity contribution in [2.45, 2.75) is 32.4 Å². The molecule has 176 valence electrons. The molecule has 2 heterocycles. The number of anilines is 2. The predicted octanol–water partition coefficient (Wildman–Crippen LogP) is 4.13. The third-order valence-corrected chi connectivity index (χ3v) is 7.01. The zero-order valence-corrected chi connectivity index (χ0v) is 20.6. The van der Waals surface area contributed by atoms with E-state index in [9.17, 15) is 14.7 Å². The highest BCUT2D eigenvalue weighted by Crippen LogP contribution is 2.40. The summed E-state index contributed by atoms with van der Waals surface area (Å²) < 4.78 is 0.698. The molecule has 2 aliphatic heterocycles. The Bertz CT molecular complexity index is 1010. The van der Waals surface area contributed by atoms with Crippen LogP contribution in [0.4, 0.5) is 16.2 Å². The molecule has 2 aliphatic rings. The average molecular weight is 515 g/mol. The number of nitrogens with one attached hydrogen (secondary N) is 2. The van der Waals surface area contributed by atoms with E-state index in [1.54, 1.807) is 42.5 Å². The summed E-state index contributed by atoms with van der Waals surface area (Å²) in [5.41, 5.74) is -1.05. The van der Waals surface area contributed by atoms with Crippen molar-refractivity contribution in [1.29, 1.82) is 0 Å². The molecule has 2 aromatic carbocycles. The maximum atomic E-state index is 13.6. The van der Waals surface area contributed by atoms with Crippen LogP contribution in [0.3, 0.4) is 0 Å². The number of carbonyl (C=O) groups excluding carboxylic acids is 2. The molecular weight excluding hydrogens is 484 g/mol. The monoisotopic (exact) mass is 514 g/mol. The summed E-state index contributed by atoms with van der Waals surface area (Å²) in [6, 6.07) is 13.3. The van der Waals surface area contributed by atoms with Crippen molar-refractivity contribution in [3.63, 3.8) is 0 Å². The number of aliphatic hydroxyl groups is 1. The number of likely N-dealkylation sites (tertiary alicyclic amines) is 1. The van der Waals surface area contributed by atoms with Crippen LogP contribution in [0.5, 0.6) is 0 Å². The second-order valence-electron chi connectivity index (χ2n) is 9.26. The van der Waals surface area contributed by atoms with Gasteiger partial charge in [-0.2, -0.15) is 0 Å². The molecular formula is C25H31BrN4O3. The Balaban J connectivity index is 1.57. The fourth-order valence-corrected chi connectivity index (χ4v) is 4.96. The molecule has 1 saturated heterocycles. The van der Waals surface area contributed by atoms with E-state index in [2.05, 4.69) is 45.3 Å². The molecule has 0 aliphatic carbocycles. The molecule has 0 aromatic heterocycles. The quantitative estimate of drug-likeness (QED) is 0.540. The van der Waals surface area contributed by atoms with Crippen LogP contribution < -0.4 is 15.5 Å². The number of hydrogen-bond donors (Lipinski definition) is 3. The van der Waals surface area contributed by atoms with Crippen molar-refractivity contribution in [1.82, 2.24) is 10.2 Å². The van der Waals surface area contributed by atoms with Crippen LogP contribution in [-0.4, -0.2) is 48.1 Å². The first kappa shape index (κ1) is 23.7. The Morgan fingerprint density at radius 3 is 2.64 bits per heavy atom. The number of piperidine rings is 1. The van der Waals surface area contributed by atoms with Gasteiger partial charge in [0.15, 0.2) is 0 Å². The van der Waals surface area contributed by atoms with Crippen molar-refractivity contribution in [3.8, 4) is 0 Å². The van der Waals surface area contributed by atoms with Gasteiger partial charge in [0.1, 0.15) is 0 Å². The van der Waals surface area contributed by atoms with Gasteiger partial charge in [-0.3, -0.25) is 9.69 Å². The molecule has 33 heavy (non-hydrogen) atoms. The summed E-state index contributed by atoms with van der Waals surface area (Å²) in [4.78, 5) is 30.1. The number of benzene rings is 2. The normalized spacial score (nSPS) is 22.4. The summed E-state index contributed by atoms with van der Waals surface area (Å²) in [6.07, 6.45) is 2.40. The Labute approximate surface area is 203 Å². The van der Waals surface area contributed by atoms with Gasteiger partial charge in [-0.05, 0) is 68.1 Å². The van der Waals surface area contributed by atoms with E-state index in [1.165, 1.54) is 12.8 Å². The molecule has 3 amide bonds. The number of rotatable bonds is 6. The minimum Gasteiger partial charge on any atom is -0.359 e. The Kier molecular flexibility index (Phi) is 7.07. The Morgan fingerprint density at radius 1 is 1.24 bits per heavy atom. The van der Waals surface area contributed by atoms with E-state index in [1.807, 2.05) is 6.07 Å². The third-order valence-electron chi connectivity index (χ3n) is 6.51. The van der Waals surface area contributed by atoms with Crippen molar-refractivity contribution in [2.75, 3.05) is 36.4 Å². The summed E-state index contributed by atoms with van der Waals surface area (Å²) in [6.45, 7) is 7.82. The van der Waals surface area contributed by atoms with Gasteiger partial charge in [0.2, 0.25) is 0 Å². The van der Waals surface area contributed by atoms with Crippen molar-refractivity contribution in [3.05, 3.63) is 58.6 Å². The lowest BCUT2D eigenvalue weighted by Gasteiger charge is -2.43. The summed E-state index contributed by atoms with van der Waals surface area (Å²) >= 11 is 3.42. The van der Waals surface area contributed by atoms with Crippen LogP contribution in [-0.2, 0) is 10.5 Å². The molecule has 0 radical (unpaired) electrons. The largest absolute Gasteiger partial charge is 0.359 e. The summed E-state index contributed by atoms with van der Waals surface area (Å²) in [7, 11) is 0. The van der Waals surface area contributed by atoms with E-state index in [4.69, 9.17) is 0 Å². The zero-order valence-electron chi connectivity index (χ0n) is 19.1. The van der Waals surface area contributed by atoms with Crippen LogP contribution in [0, 0.1) is 11.8 Å². The lowest BCUT2D eigenvalue weighted by atomic mass is 9.94. The second-order valence-corrected chi connectivity index (χ2v) is 10.2. The summed E-state index contributed by atoms with van der Waals surface area (Å²) in [5.74, 6) is 0.349. The molecule has 2 aromatic rings. The zero-order chi connectivity index (χ0) is 23.6. The van der Waals surface area contributed by atoms with Crippen LogP contribution in [0.15, 0.2) is 53.0 Å². The maximum Gasteiger partial charge on any atom is 0.329 e. The average Bonchev–Trinajstić information content (AvgIpc) is 2.80. The number of carbonyl (C=O) groups is 2. The molecule has 0 bridgehead atoms. The standard InChI is InChI=1S/C25H31BrN4O3/c1-17-10-12-29(13-11-17)16-18(2)15-27-23(31)25(33)21-14-19(26)8-9-22(21)28-24(32)30(25)20-6-4-3-5-7-20/h3-9,14,17-18,33H,10-13,15-16H2,1-2H3,(H,27,31)(H,28,32). The molecule has 3 N–H and O–H groups in total. The minimum absolute atomic E-state index is 0.204. The van der Waals surface area contributed by atoms with Crippen LogP contribution >= 0.6 is 15.9 Å². The van der Waals surface area contributed by atoms with Gasteiger partial charge in [-0.15, -0.1) is 0 Å². The first-order chi connectivity index (χ1) is 15.8. The number of halogens is 1. The lowest BCUT2D eigenvalue weighted by Crippen LogP contribution is -2.63. The number of amides is 3. The highest BCUT2D eigenvalue weighted by Gasteiger charge is 2.52. The maximum absolute atomic E-state index is 13.6. The topological polar surface area (TPSA) is 84.9 Å². The smallest absolute Gasteiger partial charge is 0.329 e. The third kappa shape index (κ3) is 4.93. The fourth-order valence-electron chi connectivity index (χ4n) is 4.60. The van der Waals surface area contributed by atoms with Gasteiger partial charge in [-0.1, -0.05) is 48.0 Å². The molecule has 8 heteroatoms. The Hall–Kier alpha value is -2.42. The first-order valence-electron chi connectivity index (χ1n) is 11.5. The van der Waals surface area contributed by atoms with Crippen LogP contribution in [0.2, 0.25) is 0 Å². The minimum atomic E-state index is -2.19. The van der Waals surface area contributed by atoms with E-state index >= 15 is 0 Å². The van der Waals surface area contributed by atoms with E-state index < -0.39 is 17.7 Å². The van der Waals surface area contributed by atoms with Crippen molar-refractivity contribution < 1.29 is 14.7 Å². The number of nitrogens with zero attached hydrogens (tertiary/aromatic N) is 2. The van der Waals surface area contributed by atoms with Gasteiger partial charge in [0, 0.05) is 28.8 Å². The van der Waals surface area contributed by atoms with E-state index in [-0.39, 0.29) is 5.92 Å². The van der Waals surface area contributed by atoms with Gasteiger partial charge in [0.25, 0.3) is 11.6 Å². The highest BCUT2D eigenvalue weighted by atomic mass is 79.9. The Morgan fingerprint density at radius 2 is 1.94 bits per heavy atom. The number of hydrogen-bond acceptors (Lipinski definition) is 4. The van der Waals surface area contributed by atoms with Crippen molar-refractivity contribution in [2.24, 2.45) is 11.8 Å².